The Morgan fingerprint density at radius 3 is 2.30 bits per heavy atom. The van der Waals surface area contributed by atoms with Crippen molar-refractivity contribution in [1.29, 1.82) is 0 Å². The van der Waals surface area contributed by atoms with E-state index >= 15 is 0 Å². The van der Waals surface area contributed by atoms with Crippen molar-refractivity contribution < 1.29 is 24.5 Å². The molecule has 1 fully saturated rings. The van der Waals surface area contributed by atoms with Crippen LogP contribution in [0.15, 0.2) is 66.7 Å². The van der Waals surface area contributed by atoms with Crippen LogP contribution in [-0.2, 0) is 10.2 Å². The van der Waals surface area contributed by atoms with Crippen molar-refractivity contribution >= 4 is 28.2 Å². The molecule has 1 aliphatic heterocycles. The first-order valence-electron chi connectivity index (χ1n) is 13.8. The quantitative estimate of drug-likeness (QED) is 0.198. The van der Waals surface area contributed by atoms with Crippen molar-refractivity contribution in [1.82, 2.24) is 4.57 Å². The van der Waals surface area contributed by atoms with Gasteiger partial charge in [-0.15, -0.1) is 0 Å². The molecule has 0 atom stereocenters. The second-order valence-corrected chi connectivity index (χ2v) is 11.3. The average Bonchev–Trinajstić information content (AvgIpc) is 3.27. The van der Waals surface area contributed by atoms with E-state index in [0.29, 0.717) is 29.6 Å². The van der Waals surface area contributed by atoms with Crippen molar-refractivity contribution in [2.24, 2.45) is 5.92 Å². The summed E-state index contributed by atoms with van der Waals surface area (Å²) in [5.74, 6) is 1.14. The van der Waals surface area contributed by atoms with Gasteiger partial charge in [-0.25, -0.2) is 9.36 Å². The zero-order valence-electron chi connectivity index (χ0n) is 23.2. The first-order chi connectivity index (χ1) is 19.2. The van der Waals surface area contributed by atoms with Gasteiger partial charge in [-0.3, -0.25) is 0 Å². The van der Waals surface area contributed by atoms with Crippen LogP contribution in [0.4, 0.5) is 16.2 Å². The SMILES string of the molecule is CC(C)(C)c1ccc(-n2c(O)ccc2O)c(NC(=O)Nc2ccc(OCCC3CCOCC3)c3ccccc23)c1. The molecule has 0 spiro atoms. The Morgan fingerprint density at radius 1 is 0.925 bits per heavy atom. The predicted octanol–water partition coefficient (Wildman–Crippen LogP) is 7.18. The fraction of sp³-hybridized carbons (Fsp3) is 0.344. The van der Waals surface area contributed by atoms with Crippen LogP contribution in [0.25, 0.3) is 16.5 Å². The summed E-state index contributed by atoms with van der Waals surface area (Å²) >= 11 is 0. The molecular weight excluding hydrogens is 506 g/mol. The second-order valence-electron chi connectivity index (χ2n) is 11.3. The van der Waals surface area contributed by atoms with E-state index in [1.54, 1.807) is 6.07 Å². The van der Waals surface area contributed by atoms with E-state index in [1.807, 2.05) is 48.5 Å². The number of hydrogen-bond acceptors (Lipinski definition) is 5. The number of carbonyl (C=O) groups excluding carboxylic acids is 1. The van der Waals surface area contributed by atoms with Gasteiger partial charge in [0, 0.05) is 36.1 Å². The van der Waals surface area contributed by atoms with Gasteiger partial charge in [0.05, 0.1) is 23.7 Å². The van der Waals surface area contributed by atoms with Crippen LogP contribution in [0.5, 0.6) is 17.5 Å². The van der Waals surface area contributed by atoms with E-state index in [0.717, 1.165) is 54.6 Å². The number of benzene rings is 3. The molecule has 2 amide bonds. The van der Waals surface area contributed by atoms with E-state index in [-0.39, 0.29) is 17.2 Å². The summed E-state index contributed by atoms with van der Waals surface area (Å²) in [4.78, 5) is 13.3. The normalized spacial score (nSPS) is 14.3. The molecule has 8 heteroatoms. The molecule has 1 aliphatic rings. The highest BCUT2D eigenvalue weighted by Crippen LogP contribution is 2.36. The van der Waals surface area contributed by atoms with Crippen molar-refractivity contribution in [2.75, 3.05) is 30.5 Å². The number of fused-ring (bicyclic) bond motifs is 1. The Balaban J connectivity index is 1.37. The number of amides is 2. The third-order valence-corrected chi connectivity index (χ3v) is 7.45. The number of nitrogens with one attached hydrogen (secondary N) is 2. The highest BCUT2D eigenvalue weighted by Gasteiger charge is 2.20. The zero-order chi connectivity index (χ0) is 28.3. The lowest BCUT2D eigenvalue weighted by Gasteiger charge is -2.23. The molecule has 0 unspecified atom stereocenters. The molecule has 4 aromatic rings. The van der Waals surface area contributed by atoms with Crippen molar-refractivity contribution in [3.8, 4) is 23.2 Å². The number of hydrogen-bond donors (Lipinski definition) is 4. The summed E-state index contributed by atoms with van der Waals surface area (Å²) in [6, 6.07) is 19.5. The summed E-state index contributed by atoms with van der Waals surface area (Å²) in [5, 5.41) is 28.4. The van der Waals surface area contributed by atoms with Crippen LogP contribution in [0.2, 0.25) is 0 Å². The molecule has 0 saturated carbocycles. The minimum Gasteiger partial charge on any atom is -0.494 e. The van der Waals surface area contributed by atoms with Crippen molar-refractivity contribution in [2.45, 2.75) is 45.4 Å². The van der Waals surface area contributed by atoms with E-state index in [9.17, 15) is 15.0 Å². The number of rotatable bonds is 7. The maximum absolute atomic E-state index is 13.3. The molecular formula is C32H37N3O5. The zero-order valence-corrected chi connectivity index (χ0v) is 23.2. The third kappa shape index (κ3) is 6.02. The highest BCUT2D eigenvalue weighted by molar-refractivity contribution is 6.08. The summed E-state index contributed by atoms with van der Waals surface area (Å²) in [6.07, 6.45) is 3.14. The van der Waals surface area contributed by atoms with Crippen LogP contribution in [0, 0.1) is 5.92 Å². The highest BCUT2D eigenvalue weighted by atomic mass is 16.5. The Labute approximate surface area is 234 Å². The lowest BCUT2D eigenvalue weighted by atomic mass is 9.86. The average molecular weight is 544 g/mol. The minimum absolute atomic E-state index is 0.136. The molecule has 2 heterocycles. The van der Waals surface area contributed by atoms with Crippen LogP contribution in [0.1, 0.15) is 45.6 Å². The van der Waals surface area contributed by atoms with Gasteiger partial charge in [-0.1, -0.05) is 51.1 Å². The van der Waals surface area contributed by atoms with Crippen LogP contribution in [-0.4, -0.2) is 40.6 Å². The first-order valence-corrected chi connectivity index (χ1v) is 13.8. The largest absolute Gasteiger partial charge is 0.494 e. The molecule has 210 valence electrons. The standard InChI is InChI=1S/C32H37N3O5/c1-32(2,3)22-8-10-27(35-29(36)12-13-30(35)37)26(20-22)34-31(38)33-25-9-11-28(24-7-5-4-6-23(24)25)40-19-16-21-14-17-39-18-15-21/h4-13,20-21,36-37H,14-19H2,1-3H3,(H2,33,34,38). The van der Waals surface area contributed by atoms with Gasteiger partial charge in [0.1, 0.15) is 5.75 Å². The molecule has 0 aliphatic carbocycles. The minimum atomic E-state index is -0.447. The number of carbonyl (C=O) groups is 1. The molecule has 5 rings (SSSR count). The number of aromatic hydroxyl groups is 2. The van der Waals surface area contributed by atoms with Gasteiger partial charge in [0.2, 0.25) is 0 Å². The Morgan fingerprint density at radius 2 is 1.60 bits per heavy atom. The van der Waals surface area contributed by atoms with Crippen molar-refractivity contribution in [3.05, 3.63) is 72.3 Å². The summed E-state index contributed by atoms with van der Waals surface area (Å²) in [5.41, 5.74) is 2.35. The van der Waals surface area contributed by atoms with Gasteiger partial charge < -0.3 is 30.3 Å². The molecule has 40 heavy (non-hydrogen) atoms. The molecule has 1 aromatic heterocycles. The Bertz CT molecular complexity index is 1480. The third-order valence-electron chi connectivity index (χ3n) is 7.45. The number of anilines is 2. The van der Waals surface area contributed by atoms with Crippen LogP contribution >= 0.6 is 0 Å². The maximum atomic E-state index is 13.3. The van der Waals surface area contributed by atoms with Gasteiger partial charge in [0.25, 0.3) is 0 Å². The summed E-state index contributed by atoms with van der Waals surface area (Å²) in [7, 11) is 0. The van der Waals surface area contributed by atoms with Gasteiger partial charge in [-0.2, -0.15) is 0 Å². The fourth-order valence-electron chi connectivity index (χ4n) is 5.11. The molecule has 0 radical (unpaired) electrons. The van der Waals surface area contributed by atoms with E-state index < -0.39 is 6.03 Å². The smallest absolute Gasteiger partial charge is 0.323 e. The summed E-state index contributed by atoms with van der Waals surface area (Å²) < 4.78 is 12.9. The lowest BCUT2D eigenvalue weighted by molar-refractivity contribution is 0.0594. The lowest BCUT2D eigenvalue weighted by Crippen LogP contribution is -2.21. The van der Waals surface area contributed by atoms with Gasteiger partial charge in [-0.05, 0) is 60.4 Å². The van der Waals surface area contributed by atoms with Crippen LogP contribution in [0.3, 0.4) is 0 Å². The predicted molar refractivity (Wildman–Crippen MR) is 158 cm³/mol. The summed E-state index contributed by atoms with van der Waals surface area (Å²) in [6.45, 7) is 8.52. The van der Waals surface area contributed by atoms with Crippen molar-refractivity contribution in [3.63, 3.8) is 0 Å². The second kappa shape index (κ2) is 11.5. The Kier molecular flexibility index (Phi) is 7.89. The topological polar surface area (TPSA) is 105 Å². The number of nitrogens with zero attached hydrogens (tertiary/aromatic N) is 1. The fourth-order valence-corrected chi connectivity index (χ4v) is 5.11. The monoisotopic (exact) mass is 543 g/mol. The van der Waals surface area contributed by atoms with E-state index in [2.05, 4.69) is 31.4 Å². The van der Waals surface area contributed by atoms with Crippen LogP contribution < -0.4 is 15.4 Å². The number of ether oxygens (including phenoxy) is 2. The van der Waals surface area contributed by atoms with E-state index in [1.165, 1.54) is 16.7 Å². The van der Waals surface area contributed by atoms with E-state index in [4.69, 9.17) is 9.47 Å². The van der Waals surface area contributed by atoms with Gasteiger partial charge in [0.15, 0.2) is 11.8 Å². The molecule has 8 nitrogen and oxygen atoms in total. The molecule has 1 saturated heterocycles. The maximum Gasteiger partial charge on any atom is 0.323 e. The Hall–Kier alpha value is -4.17. The molecule has 3 aromatic carbocycles. The first kappa shape index (κ1) is 27.4. The molecule has 0 bridgehead atoms. The number of aromatic nitrogens is 1. The number of urea groups is 1. The van der Waals surface area contributed by atoms with Gasteiger partial charge >= 0.3 is 6.03 Å². The molecule has 4 N–H and O–H groups in total.